The van der Waals surface area contributed by atoms with Crippen molar-refractivity contribution in [1.29, 1.82) is 0 Å². The third-order valence-electron chi connectivity index (χ3n) is 12.1. The fourth-order valence-corrected chi connectivity index (χ4v) is 8.74. The standard InChI is InChI=1S/C63H57N7O6/c1-4-74-61(71)64-46-25-29-52(30-26-46)67(49-18-10-7-11-19-49)54-33-37-56(38-34-54)69(57-39-35-55(36-40-57)68(50-20-12-8-13-21-50)53-31-27-47(28-32-53)65-62(72)75-5-2)58-41-43-59(44-42-58)70(51-22-14-9-15-23-51)60-24-16-17-48(45-60)66-63(73)76-6-3/h7-45H,4-6H2,1-3H3,(H,64,71)(H,65,72)(H,66,73). The molecule has 0 spiro atoms. The first kappa shape index (κ1) is 50.9. The number of nitrogens with one attached hydrogen (secondary N) is 3. The Labute approximate surface area is 443 Å². The number of hydrogen-bond donors (Lipinski definition) is 3. The van der Waals surface area contributed by atoms with Crippen LogP contribution in [0.2, 0.25) is 0 Å². The van der Waals surface area contributed by atoms with E-state index in [4.69, 9.17) is 14.2 Å². The highest BCUT2D eigenvalue weighted by Gasteiger charge is 2.20. The van der Waals surface area contributed by atoms with Gasteiger partial charge in [-0.2, -0.15) is 0 Å². The van der Waals surface area contributed by atoms with Crippen LogP contribution in [-0.4, -0.2) is 38.1 Å². The molecule has 0 aliphatic heterocycles. The molecule has 9 rings (SSSR count). The van der Waals surface area contributed by atoms with Crippen molar-refractivity contribution in [3.63, 3.8) is 0 Å². The first-order valence-corrected chi connectivity index (χ1v) is 25.1. The number of carbonyl (C=O) groups excluding carboxylic acids is 3. The highest BCUT2D eigenvalue weighted by molar-refractivity contribution is 5.90. The number of anilines is 15. The number of carbonyl (C=O) groups is 3. The Morgan fingerprint density at radius 2 is 0.500 bits per heavy atom. The number of amides is 3. The summed E-state index contributed by atoms with van der Waals surface area (Å²) in [6.45, 7) is 6.13. The summed E-state index contributed by atoms with van der Waals surface area (Å²) in [4.78, 5) is 45.6. The summed E-state index contributed by atoms with van der Waals surface area (Å²) in [5, 5.41) is 8.43. The fraction of sp³-hybridized carbons (Fsp3) is 0.0952. The lowest BCUT2D eigenvalue weighted by atomic mass is 10.1. The van der Waals surface area contributed by atoms with Crippen LogP contribution in [0.4, 0.5) is 99.7 Å². The maximum absolute atomic E-state index is 12.5. The van der Waals surface area contributed by atoms with Gasteiger partial charge in [0.25, 0.3) is 0 Å². The van der Waals surface area contributed by atoms with Crippen LogP contribution < -0.4 is 35.6 Å². The van der Waals surface area contributed by atoms with E-state index in [1.165, 1.54) is 0 Å². The molecule has 0 saturated heterocycles. The van der Waals surface area contributed by atoms with Crippen molar-refractivity contribution in [2.75, 3.05) is 55.4 Å². The highest BCUT2D eigenvalue weighted by atomic mass is 16.6. The van der Waals surface area contributed by atoms with Gasteiger partial charge in [-0.1, -0.05) is 60.7 Å². The van der Waals surface area contributed by atoms with E-state index in [9.17, 15) is 14.4 Å². The van der Waals surface area contributed by atoms with Crippen molar-refractivity contribution < 1.29 is 28.6 Å². The number of nitrogens with zero attached hydrogens (tertiary/aromatic N) is 4. The van der Waals surface area contributed by atoms with E-state index in [1.807, 2.05) is 127 Å². The largest absolute Gasteiger partial charge is 0.450 e. The van der Waals surface area contributed by atoms with Crippen molar-refractivity contribution in [2.45, 2.75) is 20.8 Å². The van der Waals surface area contributed by atoms with Crippen LogP contribution in [-0.2, 0) is 14.2 Å². The Hall–Kier alpha value is -10.0. The number of para-hydroxylation sites is 3. The molecule has 3 amide bonds. The van der Waals surface area contributed by atoms with Crippen molar-refractivity contribution in [2.24, 2.45) is 0 Å². The van der Waals surface area contributed by atoms with Crippen molar-refractivity contribution >= 4 is 104 Å². The van der Waals surface area contributed by atoms with E-state index in [-0.39, 0.29) is 19.8 Å². The molecule has 3 N–H and O–H groups in total. The summed E-state index contributed by atoms with van der Waals surface area (Å²) in [5.74, 6) is 0. The normalized spacial score (nSPS) is 10.6. The molecule has 0 saturated carbocycles. The lowest BCUT2D eigenvalue weighted by Gasteiger charge is -2.30. The zero-order valence-corrected chi connectivity index (χ0v) is 42.4. The predicted molar refractivity (Wildman–Crippen MR) is 307 cm³/mol. The molecule has 0 heterocycles. The molecule has 0 aliphatic rings. The van der Waals surface area contributed by atoms with Gasteiger partial charge in [0.1, 0.15) is 0 Å². The molecular formula is C63H57N7O6. The van der Waals surface area contributed by atoms with E-state index in [1.54, 1.807) is 20.8 Å². The lowest BCUT2D eigenvalue weighted by molar-refractivity contribution is 0.167. The van der Waals surface area contributed by atoms with Gasteiger partial charge >= 0.3 is 18.3 Å². The van der Waals surface area contributed by atoms with Gasteiger partial charge < -0.3 is 33.8 Å². The maximum atomic E-state index is 12.5. The van der Waals surface area contributed by atoms with Crippen LogP contribution in [0.3, 0.4) is 0 Å². The predicted octanol–water partition coefficient (Wildman–Crippen LogP) is 17.3. The molecule has 0 atom stereocenters. The first-order chi connectivity index (χ1) is 37.3. The second-order valence-corrected chi connectivity index (χ2v) is 17.1. The first-order valence-electron chi connectivity index (χ1n) is 25.1. The molecule has 0 fully saturated rings. The lowest BCUT2D eigenvalue weighted by Crippen LogP contribution is -2.15. The summed E-state index contributed by atoms with van der Waals surface area (Å²) in [6.07, 6.45) is -1.53. The van der Waals surface area contributed by atoms with Gasteiger partial charge in [-0.05, 0) is 197 Å². The Morgan fingerprint density at radius 3 is 0.776 bits per heavy atom. The van der Waals surface area contributed by atoms with Crippen LogP contribution in [0.1, 0.15) is 20.8 Å². The van der Waals surface area contributed by atoms with Crippen LogP contribution in [0.5, 0.6) is 0 Å². The molecule has 0 aliphatic carbocycles. The zero-order chi connectivity index (χ0) is 52.6. The zero-order valence-electron chi connectivity index (χ0n) is 42.4. The van der Waals surface area contributed by atoms with E-state index < -0.39 is 18.3 Å². The molecule has 9 aromatic rings. The van der Waals surface area contributed by atoms with Crippen LogP contribution in [0, 0.1) is 0 Å². The van der Waals surface area contributed by atoms with Gasteiger partial charge in [0.15, 0.2) is 0 Å². The van der Waals surface area contributed by atoms with Crippen LogP contribution >= 0.6 is 0 Å². The minimum Gasteiger partial charge on any atom is -0.450 e. The minimum absolute atomic E-state index is 0.262. The molecular weight excluding hydrogens is 951 g/mol. The Balaban J connectivity index is 1.10. The molecule has 0 unspecified atom stereocenters. The maximum Gasteiger partial charge on any atom is 0.411 e. The van der Waals surface area contributed by atoms with E-state index in [0.717, 1.165) is 68.2 Å². The average Bonchev–Trinajstić information content (AvgIpc) is 3.45. The molecule has 76 heavy (non-hydrogen) atoms. The van der Waals surface area contributed by atoms with E-state index in [2.05, 4.69) is 145 Å². The minimum atomic E-state index is -0.518. The summed E-state index contributed by atoms with van der Waals surface area (Å²) in [7, 11) is 0. The van der Waals surface area contributed by atoms with Crippen LogP contribution in [0.25, 0.3) is 0 Å². The molecule has 380 valence electrons. The SMILES string of the molecule is CCOC(=O)Nc1ccc(N(c2ccccc2)c2ccc(N(c3ccc(N(c4ccccc4)c4ccc(NC(=O)OCC)cc4)cc3)c3ccc(N(c4ccccc4)c4cccc(NC(=O)OCC)c4)cc3)cc2)cc1. The third kappa shape index (κ3) is 12.4. The quantitative estimate of drug-likeness (QED) is 0.0715. The average molecular weight is 1010 g/mol. The summed E-state index contributed by atoms with van der Waals surface area (Å²) < 4.78 is 15.4. The molecule has 0 bridgehead atoms. The van der Waals surface area contributed by atoms with Gasteiger partial charge in [0.2, 0.25) is 0 Å². The Bertz CT molecular complexity index is 3160. The summed E-state index contributed by atoms with van der Waals surface area (Å²) in [5.41, 5.74) is 12.8. The Morgan fingerprint density at radius 1 is 0.276 bits per heavy atom. The van der Waals surface area contributed by atoms with Crippen molar-refractivity contribution in [3.8, 4) is 0 Å². The topological polar surface area (TPSA) is 128 Å². The van der Waals surface area contributed by atoms with Gasteiger partial charge in [-0.3, -0.25) is 16.0 Å². The highest BCUT2D eigenvalue weighted by Crippen LogP contribution is 2.43. The van der Waals surface area contributed by atoms with Crippen molar-refractivity contribution in [3.05, 3.63) is 237 Å². The third-order valence-corrected chi connectivity index (χ3v) is 12.1. The van der Waals surface area contributed by atoms with Crippen molar-refractivity contribution in [1.82, 2.24) is 0 Å². The van der Waals surface area contributed by atoms with E-state index >= 15 is 0 Å². The van der Waals surface area contributed by atoms with Gasteiger partial charge in [-0.25, -0.2) is 14.4 Å². The number of hydrogen-bond acceptors (Lipinski definition) is 10. The smallest absolute Gasteiger partial charge is 0.411 e. The number of rotatable bonds is 18. The molecule has 9 aromatic carbocycles. The van der Waals surface area contributed by atoms with Crippen LogP contribution in [0.15, 0.2) is 237 Å². The van der Waals surface area contributed by atoms with Gasteiger partial charge in [0.05, 0.1) is 19.8 Å². The molecule has 13 heteroatoms. The fourth-order valence-electron chi connectivity index (χ4n) is 8.74. The molecule has 13 nitrogen and oxygen atoms in total. The van der Waals surface area contributed by atoms with Gasteiger partial charge in [-0.15, -0.1) is 0 Å². The summed E-state index contributed by atoms with van der Waals surface area (Å²) in [6, 6.07) is 78.7. The monoisotopic (exact) mass is 1010 g/mol. The Kier molecular flexibility index (Phi) is 16.5. The van der Waals surface area contributed by atoms with Gasteiger partial charge in [0, 0.05) is 85.3 Å². The number of benzene rings is 9. The van der Waals surface area contributed by atoms with E-state index in [0.29, 0.717) is 17.1 Å². The summed E-state index contributed by atoms with van der Waals surface area (Å²) >= 11 is 0. The molecule has 0 aromatic heterocycles. The second kappa shape index (κ2) is 24.6. The second-order valence-electron chi connectivity index (χ2n) is 17.1. The number of ether oxygens (including phenoxy) is 3. The molecule has 0 radical (unpaired) electrons.